The van der Waals surface area contributed by atoms with Crippen LogP contribution in [0.25, 0.3) is 0 Å². The third kappa shape index (κ3) is 4.48. The van der Waals surface area contributed by atoms with Crippen LogP contribution in [0, 0.1) is 6.92 Å². The fourth-order valence-electron chi connectivity index (χ4n) is 3.76. The molecule has 1 heterocycles. The molecule has 0 radical (unpaired) electrons. The van der Waals surface area contributed by atoms with Crippen molar-refractivity contribution in [1.29, 1.82) is 0 Å². The largest absolute Gasteiger partial charge is 0.490 e. The Kier molecular flexibility index (Phi) is 5.45. The fourth-order valence-corrected chi connectivity index (χ4v) is 3.76. The zero-order valence-electron chi connectivity index (χ0n) is 14.5. The zero-order chi connectivity index (χ0) is 17.0. The summed E-state index contributed by atoms with van der Waals surface area (Å²) in [5.74, 6) is 0.788. The molecule has 24 heavy (non-hydrogen) atoms. The SMILES string of the molecule is Cc1ccccc1OC[C@@]1(O)COCCN(CC2(O)CCCC2)C1. The van der Waals surface area contributed by atoms with Gasteiger partial charge in [-0.3, -0.25) is 4.90 Å². The third-order valence-electron chi connectivity index (χ3n) is 5.08. The van der Waals surface area contributed by atoms with Crippen LogP contribution in [0.4, 0.5) is 0 Å². The third-order valence-corrected chi connectivity index (χ3v) is 5.08. The molecule has 3 rings (SSSR count). The van der Waals surface area contributed by atoms with Gasteiger partial charge in [0.05, 0.1) is 18.8 Å². The average molecular weight is 335 g/mol. The lowest BCUT2D eigenvalue weighted by Gasteiger charge is -2.34. The molecule has 0 unspecified atom stereocenters. The highest BCUT2D eigenvalue weighted by Gasteiger charge is 2.38. The minimum Gasteiger partial charge on any atom is -0.490 e. The van der Waals surface area contributed by atoms with Crippen LogP contribution >= 0.6 is 0 Å². The smallest absolute Gasteiger partial charge is 0.134 e. The summed E-state index contributed by atoms with van der Waals surface area (Å²) in [6.07, 6.45) is 3.87. The molecule has 1 atom stereocenters. The highest BCUT2D eigenvalue weighted by molar-refractivity contribution is 5.31. The summed E-state index contributed by atoms with van der Waals surface area (Å²) in [6, 6.07) is 7.80. The highest BCUT2D eigenvalue weighted by Crippen LogP contribution is 2.31. The summed E-state index contributed by atoms with van der Waals surface area (Å²) in [4.78, 5) is 2.12. The Hall–Kier alpha value is -1.14. The Morgan fingerprint density at radius 1 is 1.17 bits per heavy atom. The second-order valence-electron chi connectivity index (χ2n) is 7.47. The van der Waals surface area contributed by atoms with Gasteiger partial charge in [0.15, 0.2) is 0 Å². The maximum Gasteiger partial charge on any atom is 0.134 e. The predicted octanol–water partition coefficient (Wildman–Crippen LogP) is 1.74. The van der Waals surface area contributed by atoms with E-state index in [2.05, 4.69) is 4.90 Å². The van der Waals surface area contributed by atoms with Crippen LogP contribution in [-0.2, 0) is 4.74 Å². The molecule has 134 valence electrons. The van der Waals surface area contributed by atoms with Crippen LogP contribution in [0.1, 0.15) is 31.2 Å². The van der Waals surface area contributed by atoms with Gasteiger partial charge < -0.3 is 19.7 Å². The first kappa shape index (κ1) is 17.7. The Morgan fingerprint density at radius 3 is 2.67 bits per heavy atom. The van der Waals surface area contributed by atoms with E-state index in [0.717, 1.165) is 43.5 Å². The van der Waals surface area contributed by atoms with Gasteiger partial charge in [-0.2, -0.15) is 0 Å². The standard InChI is InChI=1S/C19H29NO4/c1-16-6-2-3-7-17(16)24-15-19(22)13-20(10-11-23-14-19)12-18(21)8-4-5-9-18/h2-3,6-7,21-22H,4-5,8-15H2,1H3/t19-/m0/s1. The van der Waals surface area contributed by atoms with E-state index < -0.39 is 11.2 Å². The van der Waals surface area contributed by atoms with Crippen molar-refractivity contribution in [3.8, 4) is 5.75 Å². The van der Waals surface area contributed by atoms with Crippen molar-refractivity contribution in [3.63, 3.8) is 0 Å². The molecule has 2 aliphatic rings. The number of aliphatic hydroxyl groups is 2. The first-order valence-corrected chi connectivity index (χ1v) is 8.91. The van der Waals surface area contributed by atoms with E-state index in [0.29, 0.717) is 19.7 Å². The molecule has 1 saturated heterocycles. The summed E-state index contributed by atoms with van der Waals surface area (Å²) in [6.45, 7) is 4.80. The zero-order valence-corrected chi connectivity index (χ0v) is 14.5. The molecule has 1 aromatic carbocycles. The molecule has 1 aliphatic carbocycles. The van der Waals surface area contributed by atoms with Crippen LogP contribution in [0.5, 0.6) is 5.75 Å². The molecule has 0 amide bonds. The van der Waals surface area contributed by atoms with Crippen molar-refractivity contribution in [2.75, 3.05) is 39.5 Å². The Morgan fingerprint density at radius 2 is 1.92 bits per heavy atom. The fraction of sp³-hybridized carbons (Fsp3) is 0.684. The van der Waals surface area contributed by atoms with Crippen molar-refractivity contribution >= 4 is 0 Å². The number of β-amino-alcohol motifs (C(OH)–C–C–N with tert-alkyl or cyclic N) is 2. The van der Waals surface area contributed by atoms with Crippen molar-refractivity contribution in [3.05, 3.63) is 29.8 Å². The van der Waals surface area contributed by atoms with Crippen LogP contribution in [0.3, 0.4) is 0 Å². The van der Waals surface area contributed by atoms with Crippen LogP contribution < -0.4 is 4.74 Å². The van der Waals surface area contributed by atoms with Crippen molar-refractivity contribution < 1.29 is 19.7 Å². The van der Waals surface area contributed by atoms with Crippen molar-refractivity contribution in [1.82, 2.24) is 4.90 Å². The molecule has 1 aliphatic heterocycles. The molecule has 2 fully saturated rings. The maximum atomic E-state index is 11.0. The van der Waals surface area contributed by atoms with Crippen LogP contribution in [0.15, 0.2) is 24.3 Å². The number of rotatable bonds is 5. The monoisotopic (exact) mass is 335 g/mol. The molecule has 0 spiro atoms. The van der Waals surface area contributed by atoms with E-state index in [1.54, 1.807) is 0 Å². The summed E-state index contributed by atoms with van der Waals surface area (Å²) < 4.78 is 11.5. The Balaban J connectivity index is 1.61. The first-order valence-electron chi connectivity index (χ1n) is 8.91. The van der Waals surface area contributed by atoms with E-state index in [4.69, 9.17) is 9.47 Å². The molecule has 1 saturated carbocycles. The molecular weight excluding hydrogens is 306 g/mol. The lowest BCUT2D eigenvalue weighted by atomic mass is 10.00. The summed E-state index contributed by atoms with van der Waals surface area (Å²) in [5.41, 5.74) is -0.622. The average Bonchev–Trinajstić information content (AvgIpc) is 2.88. The van der Waals surface area contributed by atoms with E-state index in [1.807, 2.05) is 31.2 Å². The van der Waals surface area contributed by atoms with Gasteiger partial charge in [-0.05, 0) is 31.4 Å². The van der Waals surface area contributed by atoms with E-state index in [1.165, 1.54) is 0 Å². The quantitative estimate of drug-likeness (QED) is 0.858. The maximum absolute atomic E-state index is 11.0. The number of hydrogen-bond acceptors (Lipinski definition) is 5. The number of nitrogens with zero attached hydrogens (tertiary/aromatic N) is 1. The Labute approximate surface area is 144 Å². The van der Waals surface area contributed by atoms with E-state index in [9.17, 15) is 10.2 Å². The summed E-state index contributed by atoms with van der Waals surface area (Å²) in [7, 11) is 0. The summed E-state index contributed by atoms with van der Waals surface area (Å²) in [5, 5.41) is 21.6. The molecular formula is C19H29NO4. The van der Waals surface area contributed by atoms with E-state index in [-0.39, 0.29) is 13.2 Å². The van der Waals surface area contributed by atoms with Crippen molar-refractivity contribution in [2.24, 2.45) is 0 Å². The minimum absolute atomic E-state index is 0.187. The van der Waals surface area contributed by atoms with Gasteiger partial charge in [-0.15, -0.1) is 0 Å². The first-order chi connectivity index (χ1) is 11.5. The molecule has 2 N–H and O–H groups in total. The molecule has 0 aromatic heterocycles. The number of benzene rings is 1. The topological polar surface area (TPSA) is 62.2 Å². The lowest BCUT2D eigenvalue weighted by molar-refractivity contribution is -0.0713. The van der Waals surface area contributed by atoms with Crippen LogP contribution in [-0.4, -0.2) is 65.8 Å². The minimum atomic E-state index is -1.06. The lowest BCUT2D eigenvalue weighted by Crippen LogP contribution is -2.52. The molecule has 0 bridgehead atoms. The molecule has 5 heteroatoms. The number of hydrogen-bond donors (Lipinski definition) is 2. The second kappa shape index (κ2) is 7.40. The van der Waals surface area contributed by atoms with Gasteiger partial charge in [-0.25, -0.2) is 0 Å². The highest BCUT2D eigenvalue weighted by atomic mass is 16.5. The molecule has 5 nitrogen and oxygen atoms in total. The van der Waals surface area contributed by atoms with E-state index >= 15 is 0 Å². The normalized spacial score (nSPS) is 27.8. The van der Waals surface area contributed by atoms with Gasteiger partial charge in [-0.1, -0.05) is 31.0 Å². The van der Waals surface area contributed by atoms with Gasteiger partial charge >= 0.3 is 0 Å². The number of ether oxygens (including phenoxy) is 2. The van der Waals surface area contributed by atoms with Gasteiger partial charge in [0.1, 0.15) is 18.0 Å². The Bertz CT molecular complexity index is 544. The van der Waals surface area contributed by atoms with Gasteiger partial charge in [0, 0.05) is 19.6 Å². The van der Waals surface area contributed by atoms with Gasteiger partial charge in [0.25, 0.3) is 0 Å². The van der Waals surface area contributed by atoms with Crippen LogP contribution in [0.2, 0.25) is 0 Å². The second-order valence-corrected chi connectivity index (χ2v) is 7.47. The number of para-hydroxylation sites is 1. The summed E-state index contributed by atoms with van der Waals surface area (Å²) >= 11 is 0. The number of aryl methyl sites for hydroxylation is 1. The van der Waals surface area contributed by atoms with Gasteiger partial charge in [0.2, 0.25) is 0 Å². The molecule has 1 aromatic rings. The predicted molar refractivity (Wildman–Crippen MR) is 92.3 cm³/mol. The van der Waals surface area contributed by atoms with Crippen molar-refractivity contribution in [2.45, 2.75) is 43.8 Å².